The summed E-state index contributed by atoms with van der Waals surface area (Å²) in [5.41, 5.74) is 1.34. The number of nitrogens with one attached hydrogen (secondary N) is 1. The largest absolute Gasteiger partial charge is 0.449 e. The second-order valence-corrected chi connectivity index (χ2v) is 4.83. The van der Waals surface area contributed by atoms with Crippen LogP contribution in [0.1, 0.15) is 22.8 Å². The van der Waals surface area contributed by atoms with Crippen LogP contribution in [-0.4, -0.2) is 18.0 Å². The number of ether oxygens (including phenoxy) is 1. The number of carbonyl (C=O) groups excluding carboxylic acids is 2. The maximum Gasteiger partial charge on any atom is 0.341 e. The van der Waals surface area contributed by atoms with Gasteiger partial charge in [0.25, 0.3) is 5.91 Å². The van der Waals surface area contributed by atoms with Crippen molar-refractivity contribution in [2.75, 3.05) is 5.32 Å². The monoisotopic (exact) mass is 301 g/mol. The molecule has 0 unspecified atom stereocenters. The second kappa shape index (κ2) is 6.85. The van der Waals surface area contributed by atoms with Gasteiger partial charge in [-0.05, 0) is 37.6 Å². The summed E-state index contributed by atoms with van der Waals surface area (Å²) in [5, 5.41) is 2.67. The molecule has 0 aromatic heterocycles. The van der Waals surface area contributed by atoms with Crippen LogP contribution in [-0.2, 0) is 9.53 Å². The number of carbonyl (C=O) groups is 2. The highest BCUT2D eigenvalue weighted by Gasteiger charge is 2.21. The van der Waals surface area contributed by atoms with Gasteiger partial charge in [-0.25, -0.2) is 9.18 Å². The summed E-state index contributed by atoms with van der Waals surface area (Å²) in [4.78, 5) is 23.9. The first kappa shape index (κ1) is 15.7. The molecule has 0 aliphatic heterocycles. The Labute approximate surface area is 127 Å². The molecule has 22 heavy (non-hydrogen) atoms. The molecule has 0 aliphatic carbocycles. The number of anilines is 1. The Morgan fingerprint density at radius 2 is 1.73 bits per heavy atom. The number of esters is 1. The van der Waals surface area contributed by atoms with E-state index in [1.165, 1.54) is 25.1 Å². The van der Waals surface area contributed by atoms with Crippen molar-refractivity contribution in [3.63, 3.8) is 0 Å². The van der Waals surface area contributed by atoms with E-state index in [4.69, 9.17) is 4.74 Å². The number of hydrogen-bond donors (Lipinski definition) is 1. The van der Waals surface area contributed by atoms with Crippen LogP contribution in [0.15, 0.2) is 48.5 Å². The number of para-hydroxylation sites is 1. The molecular formula is C17H16FNO3. The van der Waals surface area contributed by atoms with E-state index in [0.717, 1.165) is 11.6 Å². The van der Waals surface area contributed by atoms with E-state index in [1.807, 2.05) is 19.1 Å². The van der Waals surface area contributed by atoms with E-state index in [2.05, 4.69) is 5.32 Å². The Bertz CT molecular complexity index is 700. The molecule has 0 radical (unpaired) electrons. The van der Waals surface area contributed by atoms with Crippen molar-refractivity contribution < 1.29 is 18.7 Å². The minimum atomic E-state index is -1.04. The van der Waals surface area contributed by atoms with E-state index in [0.29, 0.717) is 5.69 Å². The van der Waals surface area contributed by atoms with Crippen LogP contribution in [0.4, 0.5) is 10.1 Å². The Morgan fingerprint density at radius 1 is 1.09 bits per heavy atom. The first-order valence-corrected chi connectivity index (χ1v) is 6.81. The van der Waals surface area contributed by atoms with Gasteiger partial charge in [-0.1, -0.05) is 30.3 Å². The van der Waals surface area contributed by atoms with Gasteiger partial charge in [0.15, 0.2) is 6.10 Å². The topological polar surface area (TPSA) is 55.4 Å². The summed E-state index contributed by atoms with van der Waals surface area (Å²) in [6.07, 6.45) is -1.04. The zero-order valence-electron chi connectivity index (χ0n) is 12.3. The fourth-order valence-corrected chi connectivity index (χ4v) is 1.85. The van der Waals surface area contributed by atoms with Gasteiger partial charge < -0.3 is 10.1 Å². The number of benzene rings is 2. The van der Waals surface area contributed by atoms with Crippen molar-refractivity contribution in [1.29, 1.82) is 0 Å². The van der Waals surface area contributed by atoms with E-state index < -0.39 is 23.8 Å². The fourth-order valence-electron chi connectivity index (χ4n) is 1.85. The molecular weight excluding hydrogens is 285 g/mol. The second-order valence-electron chi connectivity index (χ2n) is 4.83. The van der Waals surface area contributed by atoms with Gasteiger partial charge in [-0.2, -0.15) is 0 Å². The van der Waals surface area contributed by atoms with Crippen molar-refractivity contribution in [2.45, 2.75) is 20.0 Å². The number of amides is 1. The minimum Gasteiger partial charge on any atom is -0.449 e. The van der Waals surface area contributed by atoms with Gasteiger partial charge in [0.05, 0.1) is 5.56 Å². The van der Waals surface area contributed by atoms with Crippen molar-refractivity contribution in [1.82, 2.24) is 0 Å². The molecule has 0 saturated carbocycles. The molecule has 2 aromatic carbocycles. The van der Waals surface area contributed by atoms with E-state index in [-0.39, 0.29) is 5.56 Å². The van der Waals surface area contributed by atoms with Crippen molar-refractivity contribution >= 4 is 17.6 Å². The lowest BCUT2D eigenvalue weighted by molar-refractivity contribution is -0.123. The minimum absolute atomic E-state index is 0.196. The van der Waals surface area contributed by atoms with Gasteiger partial charge in [0.1, 0.15) is 5.82 Å². The number of aryl methyl sites for hydroxylation is 1. The highest BCUT2D eigenvalue weighted by Crippen LogP contribution is 2.14. The maximum atomic E-state index is 13.5. The number of rotatable bonds is 4. The van der Waals surface area contributed by atoms with Crippen molar-refractivity contribution in [2.24, 2.45) is 0 Å². The summed E-state index contributed by atoms with van der Waals surface area (Å²) in [5.74, 6) is -2.02. The van der Waals surface area contributed by atoms with Gasteiger partial charge >= 0.3 is 5.97 Å². The Morgan fingerprint density at radius 3 is 2.41 bits per heavy atom. The van der Waals surface area contributed by atoms with Crippen LogP contribution in [0.5, 0.6) is 0 Å². The summed E-state index contributed by atoms with van der Waals surface area (Å²) < 4.78 is 18.5. The molecule has 114 valence electrons. The van der Waals surface area contributed by atoms with Crippen molar-refractivity contribution in [3.05, 3.63) is 65.5 Å². The summed E-state index contributed by atoms with van der Waals surface area (Å²) in [6, 6.07) is 12.7. The summed E-state index contributed by atoms with van der Waals surface area (Å²) in [6.45, 7) is 3.29. The average molecular weight is 301 g/mol. The quantitative estimate of drug-likeness (QED) is 0.881. The molecule has 1 N–H and O–H groups in total. The van der Waals surface area contributed by atoms with Crippen LogP contribution in [0.3, 0.4) is 0 Å². The molecule has 4 nitrogen and oxygen atoms in total. The van der Waals surface area contributed by atoms with Crippen LogP contribution in [0.2, 0.25) is 0 Å². The third-order valence-electron chi connectivity index (χ3n) is 3.15. The zero-order chi connectivity index (χ0) is 16.1. The van der Waals surface area contributed by atoms with E-state index in [1.54, 1.807) is 12.1 Å². The third-order valence-corrected chi connectivity index (χ3v) is 3.15. The molecule has 2 aromatic rings. The number of hydrogen-bond acceptors (Lipinski definition) is 3. The lowest BCUT2D eigenvalue weighted by Gasteiger charge is -2.14. The summed E-state index contributed by atoms with van der Waals surface area (Å²) in [7, 11) is 0. The predicted molar refractivity (Wildman–Crippen MR) is 81.1 cm³/mol. The molecule has 0 aliphatic rings. The van der Waals surface area contributed by atoms with Crippen molar-refractivity contribution in [3.8, 4) is 0 Å². The molecule has 2 rings (SSSR count). The molecule has 5 heteroatoms. The van der Waals surface area contributed by atoms with Crippen LogP contribution >= 0.6 is 0 Å². The Balaban J connectivity index is 2.01. The third kappa shape index (κ3) is 3.69. The van der Waals surface area contributed by atoms with Crippen LogP contribution in [0.25, 0.3) is 0 Å². The maximum absolute atomic E-state index is 13.5. The molecule has 1 atom stereocenters. The zero-order valence-corrected chi connectivity index (χ0v) is 12.3. The highest BCUT2D eigenvalue weighted by atomic mass is 19.1. The average Bonchev–Trinajstić information content (AvgIpc) is 2.49. The molecule has 0 fully saturated rings. The van der Waals surface area contributed by atoms with Crippen LogP contribution in [0, 0.1) is 12.7 Å². The molecule has 0 bridgehead atoms. The lowest BCUT2D eigenvalue weighted by Crippen LogP contribution is -2.30. The van der Waals surface area contributed by atoms with Gasteiger partial charge in [0, 0.05) is 5.69 Å². The lowest BCUT2D eigenvalue weighted by atomic mass is 10.2. The van der Waals surface area contributed by atoms with E-state index in [9.17, 15) is 14.0 Å². The molecule has 0 spiro atoms. The van der Waals surface area contributed by atoms with Gasteiger partial charge in [0.2, 0.25) is 0 Å². The van der Waals surface area contributed by atoms with Crippen LogP contribution < -0.4 is 5.32 Å². The smallest absolute Gasteiger partial charge is 0.341 e. The Hall–Kier alpha value is -2.69. The molecule has 0 heterocycles. The SMILES string of the molecule is Cc1ccccc1NC(=O)[C@H](C)OC(=O)c1ccccc1F. The van der Waals surface area contributed by atoms with E-state index >= 15 is 0 Å². The van der Waals surface area contributed by atoms with Gasteiger partial charge in [-0.15, -0.1) is 0 Å². The Kier molecular flexibility index (Phi) is 4.88. The molecule has 0 saturated heterocycles. The molecule has 1 amide bonds. The number of halogens is 1. The highest BCUT2D eigenvalue weighted by molar-refractivity contribution is 5.97. The first-order chi connectivity index (χ1) is 10.5. The summed E-state index contributed by atoms with van der Waals surface area (Å²) >= 11 is 0. The fraction of sp³-hybridized carbons (Fsp3) is 0.176. The predicted octanol–water partition coefficient (Wildman–Crippen LogP) is 3.32. The normalized spacial score (nSPS) is 11.6. The van der Waals surface area contributed by atoms with Gasteiger partial charge in [-0.3, -0.25) is 4.79 Å². The first-order valence-electron chi connectivity index (χ1n) is 6.81. The standard InChI is InChI=1S/C17H16FNO3/c1-11-7-3-6-10-15(11)19-16(20)12(2)22-17(21)13-8-4-5-9-14(13)18/h3-10,12H,1-2H3,(H,19,20)/t12-/m0/s1.